The summed E-state index contributed by atoms with van der Waals surface area (Å²) in [5, 5.41) is 10.8. The van der Waals surface area contributed by atoms with E-state index in [2.05, 4.69) is 14.8 Å². The molecule has 20 heavy (non-hydrogen) atoms. The SMILES string of the molecule is CN(Cc1ncc(Cl)n1C)CC(O)CN1CCOCC1. The van der Waals surface area contributed by atoms with E-state index in [9.17, 15) is 5.11 Å². The molecule has 1 atom stereocenters. The number of morpholine rings is 1. The van der Waals surface area contributed by atoms with Crippen molar-refractivity contribution in [3.05, 3.63) is 17.2 Å². The Hall–Kier alpha value is -0.660. The van der Waals surface area contributed by atoms with E-state index in [1.807, 2.05) is 18.7 Å². The lowest BCUT2D eigenvalue weighted by molar-refractivity contribution is 0.00807. The molecule has 0 aliphatic carbocycles. The van der Waals surface area contributed by atoms with Crippen LogP contribution in [0.5, 0.6) is 0 Å². The van der Waals surface area contributed by atoms with Crippen molar-refractivity contribution in [3.63, 3.8) is 0 Å². The molecule has 0 aromatic carbocycles. The molecule has 114 valence electrons. The van der Waals surface area contributed by atoms with Gasteiger partial charge < -0.3 is 14.4 Å². The highest BCUT2D eigenvalue weighted by molar-refractivity contribution is 6.29. The van der Waals surface area contributed by atoms with E-state index in [1.165, 1.54) is 0 Å². The van der Waals surface area contributed by atoms with Gasteiger partial charge in [-0.15, -0.1) is 0 Å². The maximum Gasteiger partial charge on any atom is 0.128 e. The predicted molar refractivity (Wildman–Crippen MR) is 77.8 cm³/mol. The van der Waals surface area contributed by atoms with Crippen LogP contribution in [0.2, 0.25) is 5.15 Å². The first-order valence-corrected chi connectivity index (χ1v) is 7.27. The van der Waals surface area contributed by atoms with Crippen LogP contribution in [0.3, 0.4) is 0 Å². The normalized spacial score (nSPS) is 18.6. The molecule has 1 aromatic rings. The summed E-state index contributed by atoms with van der Waals surface area (Å²) in [4.78, 5) is 8.55. The summed E-state index contributed by atoms with van der Waals surface area (Å²) in [5.41, 5.74) is 0. The molecule has 0 spiro atoms. The Bertz CT molecular complexity index is 421. The maximum absolute atomic E-state index is 10.1. The van der Waals surface area contributed by atoms with E-state index in [4.69, 9.17) is 16.3 Å². The average Bonchev–Trinajstić information content (AvgIpc) is 2.71. The average molecular weight is 303 g/mol. The number of aliphatic hydroxyl groups is 1. The Morgan fingerprint density at radius 3 is 2.80 bits per heavy atom. The molecular weight excluding hydrogens is 280 g/mol. The quantitative estimate of drug-likeness (QED) is 0.813. The second kappa shape index (κ2) is 7.38. The molecule has 2 rings (SSSR count). The van der Waals surface area contributed by atoms with E-state index in [1.54, 1.807) is 6.20 Å². The summed E-state index contributed by atoms with van der Waals surface area (Å²) >= 11 is 5.96. The number of nitrogens with zero attached hydrogens (tertiary/aromatic N) is 4. The van der Waals surface area contributed by atoms with Crippen LogP contribution in [0.15, 0.2) is 6.20 Å². The van der Waals surface area contributed by atoms with Crippen LogP contribution in [0.25, 0.3) is 0 Å². The topological polar surface area (TPSA) is 53.8 Å². The van der Waals surface area contributed by atoms with Crippen LogP contribution in [-0.2, 0) is 18.3 Å². The first-order chi connectivity index (χ1) is 9.56. The molecule has 1 aliphatic heterocycles. The molecule has 0 amide bonds. The van der Waals surface area contributed by atoms with Crippen molar-refractivity contribution < 1.29 is 9.84 Å². The number of imidazole rings is 1. The van der Waals surface area contributed by atoms with Gasteiger partial charge in [-0.05, 0) is 7.05 Å². The van der Waals surface area contributed by atoms with Crippen molar-refractivity contribution in [2.45, 2.75) is 12.6 Å². The van der Waals surface area contributed by atoms with Crippen molar-refractivity contribution in [2.75, 3.05) is 46.4 Å². The van der Waals surface area contributed by atoms with E-state index >= 15 is 0 Å². The zero-order valence-electron chi connectivity index (χ0n) is 12.1. The first kappa shape index (κ1) is 15.7. The zero-order chi connectivity index (χ0) is 14.5. The number of hydrogen-bond donors (Lipinski definition) is 1. The molecule has 6 nitrogen and oxygen atoms in total. The van der Waals surface area contributed by atoms with Crippen molar-refractivity contribution in [1.82, 2.24) is 19.4 Å². The summed E-state index contributed by atoms with van der Waals surface area (Å²) in [7, 11) is 3.87. The molecule has 1 aromatic heterocycles. The molecule has 1 saturated heterocycles. The minimum absolute atomic E-state index is 0.367. The molecular formula is C13H23ClN4O2. The van der Waals surface area contributed by atoms with Gasteiger partial charge in [0.05, 0.1) is 32.1 Å². The predicted octanol–water partition coefficient (Wildman–Crippen LogP) is 0.198. The van der Waals surface area contributed by atoms with Crippen molar-refractivity contribution in [3.8, 4) is 0 Å². The highest BCUT2D eigenvalue weighted by Crippen LogP contribution is 2.10. The largest absolute Gasteiger partial charge is 0.390 e. The van der Waals surface area contributed by atoms with Gasteiger partial charge in [-0.2, -0.15) is 0 Å². The summed E-state index contributed by atoms with van der Waals surface area (Å²) < 4.78 is 7.15. The van der Waals surface area contributed by atoms with Gasteiger partial charge in [0.15, 0.2) is 0 Å². The van der Waals surface area contributed by atoms with E-state index in [0.29, 0.717) is 24.8 Å². The minimum Gasteiger partial charge on any atom is -0.390 e. The second-order valence-electron chi connectivity index (χ2n) is 5.32. The molecule has 1 aliphatic rings. The lowest BCUT2D eigenvalue weighted by Crippen LogP contribution is -2.44. The van der Waals surface area contributed by atoms with Crippen LogP contribution in [0.1, 0.15) is 5.82 Å². The van der Waals surface area contributed by atoms with Gasteiger partial charge in [0.2, 0.25) is 0 Å². The number of β-amino-alcohol motifs (C(OH)–C–C–N with tert-alkyl or cyclic N) is 1. The third-order valence-corrected chi connectivity index (χ3v) is 3.89. The van der Waals surface area contributed by atoms with Gasteiger partial charge in [0.1, 0.15) is 11.0 Å². The van der Waals surface area contributed by atoms with Gasteiger partial charge in [-0.1, -0.05) is 11.6 Å². The molecule has 7 heteroatoms. The van der Waals surface area contributed by atoms with Crippen molar-refractivity contribution in [1.29, 1.82) is 0 Å². The van der Waals surface area contributed by atoms with Gasteiger partial charge in [0.25, 0.3) is 0 Å². The fraction of sp³-hybridized carbons (Fsp3) is 0.769. The number of ether oxygens (including phenoxy) is 1. The Balaban J connectivity index is 1.75. The molecule has 0 bridgehead atoms. The Kier molecular flexibility index (Phi) is 5.80. The molecule has 1 N–H and O–H groups in total. The third kappa shape index (κ3) is 4.43. The number of halogens is 1. The van der Waals surface area contributed by atoms with Crippen LogP contribution in [0, 0.1) is 0 Å². The highest BCUT2D eigenvalue weighted by Gasteiger charge is 2.17. The van der Waals surface area contributed by atoms with Gasteiger partial charge in [-0.3, -0.25) is 9.80 Å². The summed E-state index contributed by atoms with van der Waals surface area (Å²) in [6, 6.07) is 0. The molecule has 1 fully saturated rings. The maximum atomic E-state index is 10.1. The van der Waals surface area contributed by atoms with Crippen molar-refractivity contribution in [2.24, 2.45) is 7.05 Å². The van der Waals surface area contributed by atoms with Gasteiger partial charge in [0, 0.05) is 33.2 Å². The first-order valence-electron chi connectivity index (χ1n) is 6.89. The number of likely N-dealkylation sites (N-methyl/N-ethyl adjacent to an activating group) is 1. The van der Waals surface area contributed by atoms with Gasteiger partial charge >= 0.3 is 0 Å². The Labute approximate surface area is 124 Å². The van der Waals surface area contributed by atoms with Crippen LogP contribution < -0.4 is 0 Å². The molecule has 0 saturated carbocycles. The monoisotopic (exact) mass is 302 g/mol. The second-order valence-corrected chi connectivity index (χ2v) is 5.71. The van der Waals surface area contributed by atoms with E-state index in [0.717, 1.165) is 32.1 Å². The molecule has 2 heterocycles. The van der Waals surface area contributed by atoms with Gasteiger partial charge in [-0.25, -0.2) is 4.98 Å². The van der Waals surface area contributed by atoms with E-state index in [-0.39, 0.29) is 6.10 Å². The van der Waals surface area contributed by atoms with Crippen LogP contribution >= 0.6 is 11.6 Å². The fourth-order valence-corrected chi connectivity index (χ4v) is 2.52. The smallest absolute Gasteiger partial charge is 0.128 e. The van der Waals surface area contributed by atoms with Crippen LogP contribution in [0.4, 0.5) is 0 Å². The Morgan fingerprint density at radius 1 is 1.50 bits per heavy atom. The summed E-state index contributed by atoms with van der Waals surface area (Å²) in [5.74, 6) is 0.899. The lowest BCUT2D eigenvalue weighted by Gasteiger charge is -2.30. The number of rotatable bonds is 6. The number of hydrogen-bond acceptors (Lipinski definition) is 5. The third-order valence-electron chi connectivity index (χ3n) is 3.53. The van der Waals surface area contributed by atoms with Crippen molar-refractivity contribution >= 4 is 11.6 Å². The number of aliphatic hydroxyl groups excluding tert-OH is 1. The zero-order valence-corrected chi connectivity index (χ0v) is 12.9. The summed E-state index contributed by atoms with van der Waals surface area (Å²) in [6.07, 6.45) is 1.28. The Morgan fingerprint density at radius 2 is 2.20 bits per heavy atom. The summed E-state index contributed by atoms with van der Waals surface area (Å²) in [6.45, 7) is 5.29. The van der Waals surface area contributed by atoms with Crippen LogP contribution in [-0.4, -0.2) is 77.0 Å². The van der Waals surface area contributed by atoms with E-state index < -0.39 is 0 Å². The fourth-order valence-electron chi connectivity index (χ4n) is 2.38. The highest BCUT2D eigenvalue weighted by atomic mass is 35.5. The molecule has 1 unspecified atom stereocenters. The standard InChI is InChI=1S/C13H23ClN4O2/c1-16(10-13-15-7-12(14)17(13)2)8-11(19)9-18-3-5-20-6-4-18/h7,11,19H,3-6,8-10H2,1-2H3. The minimum atomic E-state index is -0.367. The molecule has 0 radical (unpaired) electrons. The number of aromatic nitrogens is 2. The lowest BCUT2D eigenvalue weighted by atomic mass is 10.3.